The van der Waals surface area contributed by atoms with Crippen molar-refractivity contribution in [1.29, 1.82) is 0 Å². The van der Waals surface area contributed by atoms with Crippen LogP contribution in [0.4, 0.5) is 0 Å². The fourth-order valence-electron chi connectivity index (χ4n) is 6.09. The number of benzene rings is 1. The number of ether oxygens (including phenoxy) is 2. The lowest BCUT2D eigenvalue weighted by Gasteiger charge is -2.58. The summed E-state index contributed by atoms with van der Waals surface area (Å²) in [6.07, 6.45) is 5.34. The maximum Gasteiger partial charge on any atom is 0.165 e. The molecule has 2 fully saturated rings. The Bertz CT molecular complexity index is 643. The monoisotopic (exact) mass is 299 g/mol. The van der Waals surface area contributed by atoms with E-state index in [9.17, 15) is 0 Å². The van der Waals surface area contributed by atoms with E-state index in [0.29, 0.717) is 12.1 Å². The molecule has 2 aliphatic carbocycles. The van der Waals surface area contributed by atoms with E-state index in [1.807, 2.05) is 0 Å². The van der Waals surface area contributed by atoms with Crippen molar-refractivity contribution in [3.63, 3.8) is 0 Å². The lowest BCUT2D eigenvalue weighted by Crippen LogP contribution is -2.64. The van der Waals surface area contributed by atoms with Gasteiger partial charge in [0.25, 0.3) is 0 Å². The van der Waals surface area contributed by atoms with Gasteiger partial charge in [-0.05, 0) is 62.7 Å². The standard InChI is InChI=1S/C19H25NO2/c1-11-8-13-14-10-12-4-5-15(21-3)18-17(12)19(13,6-7-20(14)2)16(9-11)22-18/h4-5,11,13-14,16H,6-10H2,1-3H3/t11?,13?,14-,16+,19-/m1/s1. The van der Waals surface area contributed by atoms with Crippen molar-refractivity contribution in [3.8, 4) is 11.5 Å². The number of methoxy groups -OCH3 is 1. The topological polar surface area (TPSA) is 21.7 Å². The molecule has 1 spiro atoms. The molecular weight excluding hydrogens is 274 g/mol. The van der Waals surface area contributed by atoms with Crippen LogP contribution in [0.1, 0.15) is 37.3 Å². The highest BCUT2D eigenvalue weighted by atomic mass is 16.5. The maximum absolute atomic E-state index is 6.56. The second-order valence-electron chi connectivity index (χ2n) is 7.96. The van der Waals surface area contributed by atoms with Gasteiger partial charge in [0.15, 0.2) is 11.5 Å². The van der Waals surface area contributed by atoms with Crippen molar-refractivity contribution in [2.75, 3.05) is 20.7 Å². The van der Waals surface area contributed by atoms with Crippen molar-refractivity contribution in [1.82, 2.24) is 4.90 Å². The van der Waals surface area contributed by atoms with Crippen LogP contribution >= 0.6 is 0 Å². The smallest absolute Gasteiger partial charge is 0.165 e. The van der Waals surface area contributed by atoms with E-state index in [0.717, 1.165) is 23.3 Å². The van der Waals surface area contributed by atoms with Gasteiger partial charge in [-0.2, -0.15) is 0 Å². The van der Waals surface area contributed by atoms with Gasteiger partial charge in [0.2, 0.25) is 0 Å². The van der Waals surface area contributed by atoms with Gasteiger partial charge >= 0.3 is 0 Å². The number of likely N-dealkylation sites (tertiary alicyclic amines) is 1. The Hall–Kier alpha value is -1.22. The van der Waals surface area contributed by atoms with Crippen molar-refractivity contribution in [2.45, 2.75) is 50.2 Å². The summed E-state index contributed by atoms with van der Waals surface area (Å²) in [6.45, 7) is 3.60. The Morgan fingerprint density at radius 3 is 3.00 bits per heavy atom. The van der Waals surface area contributed by atoms with E-state index < -0.39 is 0 Å². The third-order valence-electron chi connectivity index (χ3n) is 7.00. The first-order valence-electron chi connectivity index (χ1n) is 8.72. The SMILES string of the molecule is COc1ccc2c3c1O[C@H]1CC(C)CC4[C@@H](C2)N(C)CC[C@@]341. The normalized spacial score (nSPS) is 41.8. The van der Waals surface area contributed by atoms with Gasteiger partial charge in [-0.1, -0.05) is 13.0 Å². The van der Waals surface area contributed by atoms with Crippen molar-refractivity contribution >= 4 is 0 Å². The van der Waals surface area contributed by atoms with Crippen LogP contribution in [-0.4, -0.2) is 37.7 Å². The van der Waals surface area contributed by atoms with Crippen LogP contribution in [-0.2, 0) is 11.8 Å². The first-order chi connectivity index (χ1) is 10.6. The second-order valence-corrected chi connectivity index (χ2v) is 7.96. The molecule has 2 aliphatic heterocycles. The van der Waals surface area contributed by atoms with Crippen molar-refractivity contribution in [2.24, 2.45) is 11.8 Å². The molecule has 22 heavy (non-hydrogen) atoms. The van der Waals surface area contributed by atoms with E-state index in [4.69, 9.17) is 9.47 Å². The van der Waals surface area contributed by atoms with Crippen LogP contribution in [0.15, 0.2) is 12.1 Å². The molecule has 0 radical (unpaired) electrons. The molecule has 118 valence electrons. The Labute approximate surface area is 132 Å². The number of hydrogen-bond donors (Lipinski definition) is 0. The number of rotatable bonds is 1. The summed E-state index contributed by atoms with van der Waals surface area (Å²) in [7, 11) is 4.08. The molecular formula is C19H25NO2. The molecule has 2 heterocycles. The molecule has 1 aromatic carbocycles. The Morgan fingerprint density at radius 2 is 2.18 bits per heavy atom. The molecule has 0 aromatic heterocycles. The summed E-state index contributed by atoms with van der Waals surface area (Å²) in [4.78, 5) is 2.61. The van der Waals surface area contributed by atoms with Crippen LogP contribution in [0.25, 0.3) is 0 Å². The summed E-state index contributed by atoms with van der Waals surface area (Å²) < 4.78 is 12.2. The van der Waals surface area contributed by atoms with Gasteiger partial charge in [-0.3, -0.25) is 0 Å². The average molecular weight is 299 g/mol. The number of piperidine rings is 1. The maximum atomic E-state index is 6.56. The molecule has 5 atom stereocenters. The van der Waals surface area contributed by atoms with Gasteiger partial charge < -0.3 is 14.4 Å². The lowest BCUT2D eigenvalue weighted by atomic mass is 9.50. The van der Waals surface area contributed by atoms with E-state index in [1.165, 1.54) is 43.4 Å². The molecule has 1 aromatic rings. The van der Waals surface area contributed by atoms with Crippen molar-refractivity contribution < 1.29 is 9.47 Å². The Morgan fingerprint density at radius 1 is 1.32 bits per heavy atom. The predicted octanol–water partition coefficient (Wildman–Crippen LogP) is 3.00. The summed E-state index contributed by atoms with van der Waals surface area (Å²) >= 11 is 0. The molecule has 4 aliphatic rings. The molecule has 1 saturated heterocycles. The lowest BCUT2D eigenvalue weighted by molar-refractivity contribution is -0.0577. The fraction of sp³-hybridized carbons (Fsp3) is 0.684. The molecule has 1 saturated carbocycles. The van der Waals surface area contributed by atoms with Crippen LogP contribution < -0.4 is 9.47 Å². The Balaban J connectivity index is 1.78. The van der Waals surface area contributed by atoms with E-state index in [-0.39, 0.29) is 5.41 Å². The number of likely N-dealkylation sites (N-methyl/N-ethyl adjacent to an activating group) is 1. The van der Waals surface area contributed by atoms with Crippen LogP contribution in [0.3, 0.4) is 0 Å². The van der Waals surface area contributed by atoms with E-state index in [1.54, 1.807) is 7.11 Å². The minimum Gasteiger partial charge on any atom is -0.493 e. The third kappa shape index (κ3) is 1.37. The summed E-state index contributed by atoms with van der Waals surface area (Å²) in [5.41, 5.74) is 3.31. The molecule has 0 amide bonds. The highest BCUT2D eigenvalue weighted by Crippen LogP contribution is 2.64. The van der Waals surface area contributed by atoms with Crippen LogP contribution in [0, 0.1) is 11.8 Å². The third-order valence-corrected chi connectivity index (χ3v) is 7.00. The zero-order valence-electron chi connectivity index (χ0n) is 13.8. The minimum absolute atomic E-state index is 0.265. The Kier molecular flexibility index (Phi) is 2.52. The quantitative estimate of drug-likeness (QED) is 0.796. The summed E-state index contributed by atoms with van der Waals surface area (Å²) in [5, 5.41) is 0. The molecule has 2 unspecified atom stereocenters. The predicted molar refractivity (Wildman–Crippen MR) is 85.7 cm³/mol. The van der Waals surface area contributed by atoms with Gasteiger partial charge in [0, 0.05) is 17.0 Å². The summed E-state index contributed by atoms with van der Waals surface area (Å²) in [5.74, 6) is 3.53. The zero-order chi connectivity index (χ0) is 15.1. The highest BCUT2D eigenvalue weighted by molar-refractivity contribution is 5.60. The highest BCUT2D eigenvalue weighted by Gasteiger charge is 2.63. The molecule has 3 nitrogen and oxygen atoms in total. The molecule has 0 N–H and O–H groups in total. The van der Waals surface area contributed by atoms with E-state index in [2.05, 4.69) is 31.0 Å². The first-order valence-corrected chi connectivity index (χ1v) is 8.72. The van der Waals surface area contributed by atoms with Gasteiger partial charge in [0.05, 0.1) is 7.11 Å². The molecule has 2 bridgehead atoms. The zero-order valence-corrected chi connectivity index (χ0v) is 13.8. The van der Waals surface area contributed by atoms with Crippen molar-refractivity contribution in [3.05, 3.63) is 23.3 Å². The van der Waals surface area contributed by atoms with Gasteiger partial charge in [-0.15, -0.1) is 0 Å². The fourth-order valence-corrected chi connectivity index (χ4v) is 6.09. The molecule has 3 heteroatoms. The molecule has 5 rings (SSSR count). The average Bonchev–Trinajstić information content (AvgIpc) is 2.83. The largest absolute Gasteiger partial charge is 0.493 e. The van der Waals surface area contributed by atoms with Gasteiger partial charge in [-0.25, -0.2) is 0 Å². The van der Waals surface area contributed by atoms with Crippen LogP contribution in [0.5, 0.6) is 11.5 Å². The number of nitrogens with zero attached hydrogens (tertiary/aromatic N) is 1. The van der Waals surface area contributed by atoms with Gasteiger partial charge in [0.1, 0.15) is 6.10 Å². The van der Waals surface area contributed by atoms with E-state index >= 15 is 0 Å². The first kappa shape index (κ1) is 13.2. The second kappa shape index (κ2) is 4.19. The number of hydrogen-bond acceptors (Lipinski definition) is 3. The van der Waals surface area contributed by atoms with Crippen LogP contribution in [0.2, 0.25) is 0 Å². The summed E-state index contributed by atoms with van der Waals surface area (Å²) in [6, 6.07) is 5.10. The minimum atomic E-state index is 0.265.